The normalized spacial score (nSPS) is 21.7. The molecule has 1 fully saturated rings. The largest absolute Gasteiger partial charge is 0.375 e. The quantitative estimate of drug-likeness (QED) is 0.754. The van der Waals surface area contributed by atoms with Gasteiger partial charge in [0.1, 0.15) is 0 Å². The summed E-state index contributed by atoms with van der Waals surface area (Å²) in [6.07, 6.45) is 12.4. The minimum atomic E-state index is 0.288. The zero-order chi connectivity index (χ0) is 16.5. The van der Waals surface area contributed by atoms with E-state index in [0.717, 1.165) is 6.42 Å². The summed E-state index contributed by atoms with van der Waals surface area (Å²) in [5.74, 6) is 0.709. The Morgan fingerprint density at radius 2 is 1.96 bits per heavy atom. The SMILES string of the molecule is CC(C)OC(CC1c2ccccc2-c2cncn21)C1CCCCC1. The van der Waals surface area contributed by atoms with E-state index in [-0.39, 0.29) is 6.10 Å². The molecule has 2 aliphatic rings. The summed E-state index contributed by atoms with van der Waals surface area (Å²) >= 11 is 0. The lowest BCUT2D eigenvalue weighted by molar-refractivity contribution is -0.0440. The molecule has 0 bridgehead atoms. The lowest BCUT2D eigenvalue weighted by atomic mass is 9.82. The fraction of sp³-hybridized carbons (Fsp3) is 0.571. The maximum Gasteiger partial charge on any atom is 0.0956 e. The molecule has 2 aromatic rings. The number of imidazole rings is 1. The van der Waals surface area contributed by atoms with E-state index in [4.69, 9.17) is 4.74 Å². The summed E-state index contributed by atoms with van der Waals surface area (Å²) < 4.78 is 8.78. The molecule has 128 valence electrons. The van der Waals surface area contributed by atoms with Gasteiger partial charge in [-0.1, -0.05) is 43.5 Å². The van der Waals surface area contributed by atoms with Crippen LogP contribution in [0.4, 0.5) is 0 Å². The monoisotopic (exact) mass is 324 g/mol. The summed E-state index contributed by atoms with van der Waals surface area (Å²) in [5.41, 5.74) is 4.03. The second-order valence-corrected chi connectivity index (χ2v) is 7.65. The standard InChI is InChI=1S/C21H28N2O/c1-15(2)24-21(16-8-4-3-5-9-16)12-19-17-10-6-7-11-18(17)20-13-22-14-23(19)20/h6-7,10-11,13-16,19,21H,3-5,8-9,12H2,1-2H3. The maximum atomic E-state index is 6.42. The summed E-state index contributed by atoms with van der Waals surface area (Å²) in [4.78, 5) is 4.40. The van der Waals surface area contributed by atoms with Crippen molar-refractivity contribution in [3.63, 3.8) is 0 Å². The van der Waals surface area contributed by atoms with E-state index in [1.54, 1.807) is 0 Å². The van der Waals surface area contributed by atoms with Crippen molar-refractivity contribution in [1.29, 1.82) is 0 Å². The van der Waals surface area contributed by atoms with Crippen LogP contribution in [0, 0.1) is 5.92 Å². The number of benzene rings is 1. The van der Waals surface area contributed by atoms with Crippen LogP contribution in [0.1, 0.15) is 64.0 Å². The van der Waals surface area contributed by atoms with Crippen molar-refractivity contribution >= 4 is 0 Å². The third kappa shape index (κ3) is 2.90. The molecule has 1 aliphatic carbocycles. The van der Waals surface area contributed by atoms with Gasteiger partial charge in [-0.3, -0.25) is 0 Å². The van der Waals surface area contributed by atoms with Crippen molar-refractivity contribution in [2.45, 2.75) is 70.6 Å². The third-order valence-corrected chi connectivity index (χ3v) is 5.68. The topological polar surface area (TPSA) is 27.1 Å². The van der Waals surface area contributed by atoms with Crippen LogP contribution in [0.25, 0.3) is 11.3 Å². The highest BCUT2D eigenvalue weighted by molar-refractivity contribution is 5.68. The molecule has 2 unspecified atom stereocenters. The van der Waals surface area contributed by atoms with Crippen molar-refractivity contribution < 1.29 is 4.74 Å². The highest BCUT2D eigenvalue weighted by Crippen LogP contribution is 2.43. The fourth-order valence-electron chi connectivity index (χ4n) is 4.61. The number of aromatic nitrogens is 2. The van der Waals surface area contributed by atoms with E-state index >= 15 is 0 Å². The minimum Gasteiger partial charge on any atom is -0.375 e. The smallest absolute Gasteiger partial charge is 0.0956 e. The highest BCUT2D eigenvalue weighted by atomic mass is 16.5. The van der Waals surface area contributed by atoms with E-state index in [2.05, 4.69) is 47.7 Å². The summed E-state index contributed by atoms with van der Waals surface area (Å²) in [6.45, 7) is 4.34. The van der Waals surface area contributed by atoms with Gasteiger partial charge in [-0.2, -0.15) is 0 Å². The zero-order valence-electron chi connectivity index (χ0n) is 14.8. The Bertz CT molecular complexity index is 685. The molecule has 24 heavy (non-hydrogen) atoms. The van der Waals surface area contributed by atoms with Gasteiger partial charge in [0, 0.05) is 5.56 Å². The van der Waals surface area contributed by atoms with Crippen LogP contribution < -0.4 is 0 Å². The van der Waals surface area contributed by atoms with Crippen LogP contribution in [0.15, 0.2) is 36.8 Å². The molecule has 0 spiro atoms. The number of ether oxygens (including phenoxy) is 1. The van der Waals surface area contributed by atoms with Crippen LogP contribution in [-0.2, 0) is 4.74 Å². The van der Waals surface area contributed by atoms with Gasteiger partial charge in [0.25, 0.3) is 0 Å². The van der Waals surface area contributed by atoms with Crippen molar-refractivity contribution in [1.82, 2.24) is 9.55 Å². The number of hydrogen-bond acceptors (Lipinski definition) is 2. The molecule has 2 heterocycles. The van der Waals surface area contributed by atoms with Crippen LogP contribution in [0.5, 0.6) is 0 Å². The van der Waals surface area contributed by atoms with Crippen molar-refractivity contribution in [2.75, 3.05) is 0 Å². The number of rotatable bonds is 5. The number of nitrogens with zero attached hydrogens (tertiary/aromatic N) is 2. The second-order valence-electron chi connectivity index (χ2n) is 7.65. The lowest BCUT2D eigenvalue weighted by Gasteiger charge is -2.33. The van der Waals surface area contributed by atoms with Crippen LogP contribution in [0.2, 0.25) is 0 Å². The molecule has 1 saturated carbocycles. The number of fused-ring (bicyclic) bond motifs is 3. The van der Waals surface area contributed by atoms with Gasteiger partial charge in [0.05, 0.1) is 36.5 Å². The summed E-state index contributed by atoms with van der Waals surface area (Å²) in [7, 11) is 0. The Balaban J connectivity index is 1.62. The van der Waals surface area contributed by atoms with E-state index in [1.807, 2.05) is 12.5 Å². The average molecular weight is 324 g/mol. The first-order valence-corrected chi connectivity index (χ1v) is 9.50. The van der Waals surface area contributed by atoms with Gasteiger partial charge in [-0.05, 0) is 44.6 Å². The molecule has 1 aromatic heterocycles. The Hall–Kier alpha value is -1.61. The first kappa shape index (κ1) is 15.9. The summed E-state index contributed by atoms with van der Waals surface area (Å²) in [5, 5.41) is 0. The van der Waals surface area contributed by atoms with Gasteiger partial charge < -0.3 is 9.30 Å². The van der Waals surface area contributed by atoms with E-state index in [9.17, 15) is 0 Å². The predicted molar refractivity (Wildman–Crippen MR) is 97.0 cm³/mol. The van der Waals surface area contributed by atoms with Gasteiger partial charge in [-0.15, -0.1) is 0 Å². The molecular weight excluding hydrogens is 296 g/mol. The Morgan fingerprint density at radius 3 is 2.75 bits per heavy atom. The highest BCUT2D eigenvalue weighted by Gasteiger charge is 2.34. The minimum absolute atomic E-state index is 0.288. The molecule has 0 amide bonds. The van der Waals surface area contributed by atoms with Crippen molar-refractivity contribution in [3.05, 3.63) is 42.4 Å². The average Bonchev–Trinajstić information content (AvgIpc) is 3.17. The molecule has 0 radical (unpaired) electrons. The maximum absolute atomic E-state index is 6.42. The van der Waals surface area contributed by atoms with E-state index in [0.29, 0.717) is 18.1 Å². The van der Waals surface area contributed by atoms with Gasteiger partial charge in [0.2, 0.25) is 0 Å². The molecule has 0 saturated heterocycles. The van der Waals surface area contributed by atoms with Gasteiger partial charge >= 0.3 is 0 Å². The molecule has 4 rings (SSSR count). The third-order valence-electron chi connectivity index (χ3n) is 5.68. The molecule has 1 aliphatic heterocycles. The Kier molecular flexibility index (Phi) is 4.45. The molecule has 1 aromatic carbocycles. The van der Waals surface area contributed by atoms with Gasteiger partial charge in [-0.25, -0.2) is 4.98 Å². The fourth-order valence-corrected chi connectivity index (χ4v) is 4.61. The van der Waals surface area contributed by atoms with Crippen LogP contribution in [-0.4, -0.2) is 21.8 Å². The van der Waals surface area contributed by atoms with Crippen LogP contribution in [0.3, 0.4) is 0 Å². The predicted octanol–water partition coefficient (Wildman–Crippen LogP) is 5.22. The van der Waals surface area contributed by atoms with Crippen molar-refractivity contribution in [3.8, 4) is 11.3 Å². The first-order valence-electron chi connectivity index (χ1n) is 9.50. The summed E-state index contributed by atoms with van der Waals surface area (Å²) in [6, 6.07) is 9.15. The zero-order valence-corrected chi connectivity index (χ0v) is 14.8. The molecule has 0 N–H and O–H groups in total. The van der Waals surface area contributed by atoms with Gasteiger partial charge in [0.15, 0.2) is 0 Å². The van der Waals surface area contributed by atoms with E-state index in [1.165, 1.54) is 48.9 Å². The first-order chi connectivity index (χ1) is 11.7. The van der Waals surface area contributed by atoms with Crippen molar-refractivity contribution in [2.24, 2.45) is 5.92 Å². The second kappa shape index (κ2) is 6.72. The lowest BCUT2D eigenvalue weighted by Crippen LogP contribution is -2.31. The molecular formula is C21H28N2O. The molecule has 3 heteroatoms. The molecule has 3 nitrogen and oxygen atoms in total. The molecule has 2 atom stereocenters. The Labute approximate surface area is 145 Å². The van der Waals surface area contributed by atoms with Crippen LogP contribution >= 0.6 is 0 Å². The van der Waals surface area contributed by atoms with E-state index < -0.39 is 0 Å². The Morgan fingerprint density at radius 1 is 1.17 bits per heavy atom. The number of hydrogen-bond donors (Lipinski definition) is 0.